The van der Waals surface area contributed by atoms with Gasteiger partial charge in [-0.05, 0) is 72.0 Å². The van der Waals surface area contributed by atoms with E-state index in [4.69, 9.17) is 29.4 Å². The van der Waals surface area contributed by atoms with E-state index in [0.29, 0.717) is 52.8 Å². The number of hydrogen-bond donors (Lipinski definition) is 3. The van der Waals surface area contributed by atoms with Crippen LogP contribution in [0.2, 0.25) is 0 Å². The Hall–Kier alpha value is -4.11. The van der Waals surface area contributed by atoms with Crippen LogP contribution in [0.4, 0.5) is 15.8 Å². The van der Waals surface area contributed by atoms with Crippen molar-refractivity contribution in [1.29, 1.82) is 0 Å². The van der Waals surface area contributed by atoms with Gasteiger partial charge in [0.05, 0.1) is 53.0 Å². The predicted molar refractivity (Wildman–Crippen MR) is 142 cm³/mol. The molecule has 0 spiro atoms. The summed E-state index contributed by atoms with van der Waals surface area (Å²) >= 11 is 0. The second kappa shape index (κ2) is 12.7. The number of nitrogens with one attached hydrogen (secondary N) is 1. The van der Waals surface area contributed by atoms with E-state index in [1.54, 1.807) is 39.5 Å². The summed E-state index contributed by atoms with van der Waals surface area (Å²) in [5, 5.41) is 13.5. The third kappa shape index (κ3) is 6.56. The summed E-state index contributed by atoms with van der Waals surface area (Å²) in [7, 11) is 7.60. The van der Waals surface area contributed by atoms with E-state index in [-0.39, 0.29) is 5.75 Å². The summed E-state index contributed by atoms with van der Waals surface area (Å²) < 4.78 is 41.4. The van der Waals surface area contributed by atoms with Gasteiger partial charge in [-0.15, -0.1) is 0 Å². The maximum absolute atomic E-state index is 14.8. The molecule has 9 heteroatoms. The van der Waals surface area contributed by atoms with Crippen LogP contribution in [0, 0.1) is 5.82 Å². The van der Waals surface area contributed by atoms with E-state index in [0.717, 1.165) is 11.1 Å². The topological polar surface area (TPSA) is 104 Å². The third-order valence-corrected chi connectivity index (χ3v) is 5.85. The molecule has 4 N–H and O–H groups in total. The van der Waals surface area contributed by atoms with Crippen molar-refractivity contribution in [1.82, 2.24) is 0 Å². The number of ether oxygens (including phenoxy) is 5. The molecular formula is C28H33FN2O6. The Bertz CT molecular complexity index is 1220. The molecule has 0 radical (unpaired) electrons. The van der Waals surface area contributed by atoms with Crippen LogP contribution in [0.5, 0.6) is 28.7 Å². The summed E-state index contributed by atoms with van der Waals surface area (Å²) in [6.07, 6.45) is 3.29. The van der Waals surface area contributed by atoms with Crippen LogP contribution < -0.4 is 34.7 Å². The van der Waals surface area contributed by atoms with E-state index < -0.39 is 11.9 Å². The van der Waals surface area contributed by atoms with E-state index >= 15 is 0 Å². The average molecular weight is 513 g/mol. The van der Waals surface area contributed by atoms with Crippen molar-refractivity contribution in [2.75, 3.05) is 46.6 Å². The number of halogens is 1. The van der Waals surface area contributed by atoms with E-state index in [9.17, 15) is 9.50 Å². The number of aliphatic hydroxyl groups is 1. The first-order valence-electron chi connectivity index (χ1n) is 11.5. The minimum Gasteiger partial charge on any atom is -0.495 e. The minimum atomic E-state index is -0.931. The molecule has 0 aromatic heterocycles. The number of benzene rings is 3. The molecule has 0 aliphatic carbocycles. The number of methoxy groups -OCH3 is 5. The third-order valence-electron chi connectivity index (χ3n) is 5.85. The Labute approximate surface area is 216 Å². The first-order chi connectivity index (χ1) is 17.8. The zero-order valence-electron chi connectivity index (χ0n) is 21.6. The zero-order chi connectivity index (χ0) is 26.9. The summed E-state index contributed by atoms with van der Waals surface area (Å²) in [6.45, 7) is 0. The fourth-order valence-corrected chi connectivity index (χ4v) is 3.95. The van der Waals surface area contributed by atoms with E-state index in [1.807, 2.05) is 18.2 Å². The molecule has 37 heavy (non-hydrogen) atoms. The Morgan fingerprint density at radius 2 is 1.41 bits per heavy atom. The molecule has 0 bridgehead atoms. The van der Waals surface area contributed by atoms with Crippen molar-refractivity contribution in [3.63, 3.8) is 0 Å². The van der Waals surface area contributed by atoms with Crippen LogP contribution in [0.3, 0.4) is 0 Å². The lowest BCUT2D eigenvalue weighted by Crippen LogP contribution is -2.02. The SMILES string of the molecule is COc1ccc(C(O)/C=C\Nc2cc(CCc3cc(OC)c(OC)c(OC)c3)cc(F)c2OC)cc1N. The van der Waals surface area contributed by atoms with Gasteiger partial charge in [0.1, 0.15) is 5.75 Å². The molecule has 0 amide bonds. The second-order valence-electron chi connectivity index (χ2n) is 8.14. The Kier molecular flexibility index (Phi) is 9.45. The molecule has 3 aromatic carbocycles. The van der Waals surface area contributed by atoms with Crippen molar-refractivity contribution in [2.24, 2.45) is 0 Å². The lowest BCUT2D eigenvalue weighted by Gasteiger charge is -2.15. The van der Waals surface area contributed by atoms with Gasteiger partial charge in [-0.2, -0.15) is 0 Å². The second-order valence-corrected chi connectivity index (χ2v) is 8.14. The number of hydrogen-bond acceptors (Lipinski definition) is 8. The largest absolute Gasteiger partial charge is 0.495 e. The fraction of sp³-hybridized carbons (Fsp3) is 0.286. The number of nitrogen functional groups attached to an aromatic ring is 1. The number of rotatable bonds is 12. The van der Waals surface area contributed by atoms with Crippen molar-refractivity contribution in [3.8, 4) is 28.7 Å². The van der Waals surface area contributed by atoms with Crippen LogP contribution in [-0.2, 0) is 12.8 Å². The maximum Gasteiger partial charge on any atom is 0.203 e. The lowest BCUT2D eigenvalue weighted by molar-refractivity contribution is 0.228. The maximum atomic E-state index is 14.8. The average Bonchev–Trinajstić information content (AvgIpc) is 2.90. The van der Waals surface area contributed by atoms with Gasteiger partial charge in [0.25, 0.3) is 0 Å². The molecule has 0 saturated heterocycles. The number of aryl methyl sites for hydroxylation is 2. The first kappa shape index (κ1) is 27.5. The van der Waals surface area contributed by atoms with E-state index in [2.05, 4.69) is 5.32 Å². The van der Waals surface area contributed by atoms with Crippen molar-refractivity contribution in [3.05, 3.63) is 77.2 Å². The highest BCUT2D eigenvalue weighted by atomic mass is 19.1. The van der Waals surface area contributed by atoms with Gasteiger partial charge < -0.3 is 39.8 Å². The Balaban J connectivity index is 1.76. The molecule has 0 aliphatic rings. The van der Waals surface area contributed by atoms with Crippen LogP contribution in [0.25, 0.3) is 0 Å². The molecule has 198 valence electrons. The molecule has 3 aromatic rings. The minimum absolute atomic E-state index is 0.0735. The first-order valence-corrected chi connectivity index (χ1v) is 11.5. The molecule has 0 saturated carbocycles. The Morgan fingerprint density at radius 3 is 1.95 bits per heavy atom. The number of anilines is 2. The monoisotopic (exact) mass is 512 g/mol. The van der Waals surface area contributed by atoms with Gasteiger partial charge in [0.2, 0.25) is 5.75 Å². The standard InChI is InChI=1S/C28H33FN2O6/c1-33-24-9-8-19(16-21(24)30)23(32)10-11-31-22-13-17(12-20(29)27(22)36-4)6-7-18-14-25(34-2)28(37-5)26(15-18)35-3/h8-16,23,31-32H,6-7,30H2,1-5H3/b11-10-. The van der Waals surface area contributed by atoms with Gasteiger partial charge in [-0.1, -0.05) is 6.07 Å². The van der Waals surface area contributed by atoms with Crippen molar-refractivity contribution < 1.29 is 33.2 Å². The van der Waals surface area contributed by atoms with Gasteiger partial charge in [-0.3, -0.25) is 0 Å². The van der Waals surface area contributed by atoms with Gasteiger partial charge >= 0.3 is 0 Å². The quantitative estimate of drug-likeness (QED) is 0.295. The van der Waals surface area contributed by atoms with Crippen LogP contribution in [-0.4, -0.2) is 40.7 Å². The Morgan fingerprint density at radius 1 is 0.811 bits per heavy atom. The zero-order valence-corrected chi connectivity index (χ0v) is 21.6. The molecule has 0 aliphatic heterocycles. The smallest absolute Gasteiger partial charge is 0.203 e. The molecule has 1 unspecified atom stereocenters. The number of aliphatic hydroxyl groups excluding tert-OH is 1. The molecule has 3 rings (SSSR count). The molecular weight excluding hydrogens is 479 g/mol. The predicted octanol–water partition coefficient (Wildman–Crippen LogP) is 4.90. The van der Waals surface area contributed by atoms with Gasteiger partial charge in [0, 0.05) is 6.20 Å². The summed E-state index contributed by atoms with van der Waals surface area (Å²) in [5.41, 5.74) is 9.07. The van der Waals surface area contributed by atoms with Gasteiger partial charge in [0.15, 0.2) is 23.1 Å². The van der Waals surface area contributed by atoms with Crippen LogP contribution >= 0.6 is 0 Å². The highest BCUT2D eigenvalue weighted by Gasteiger charge is 2.15. The summed E-state index contributed by atoms with van der Waals surface area (Å²) in [4.78, 5) is 0. The lowest BCUT2D eigenvalue weighted by atomic mass is 10.0. The molecule has 8 nitrogen and oxygen atoms in total. The molecule has 1 atom stereocenters. The summed E-state index contributed by atoms with van der Waals surface area (Å²) in [5.74, 6) is 1.74. The van der Waals surface area contributed by atoms with Gasteiger partial charge in [-0.25, -0.2) is 4.39 Å². The van der Waals surface area contributed by atoms with Crippen molar-refractivity contribution in [2.45, 2.75) is 18.9 Å². The highest BCUT2D eigenvalue weighted by molar-refractivity contribution is 5.61. The van der Waals surface area contributed by atoms with Crippen LogP contribution in [0.15, 0.2) is 54.7 Å². The normalized spacial score (nSPS) is 11.8. The molecule has 0 heterocycles. The van der Waals surface area contributed by atoms with Crippen LogP contribution in [0.1, 0.15) is 22.8 Å². The molecule has 0 fully saturated rings. The van der Waals surface area contributed by atoms with Crippen molar-refractivity contribution >= 4 is 11.4 Å². The fourth-order valence-electron chi connectivity index (χ4n) is 3.95. The highest BCUT2D eigenvalue weighted by Crippen LogP contribution is 2.38. The summed E-state index contributed by atoms with van der Waals surface area (Å²) in [6, 6.07) is 12.0. The van der Waals surface area contributed by atoms with E-state index in [1.165, 1.54) is 32.6 Å². The number of nitrogens with two attached hydrogens (primary N) is 1.